The Morgan fingerprint density at radius 1 is 1.24 bits per heavy atom. The van der Waals surface area contributed by atoms with Crippen molar-refractivity contribution in [3.63, 3.8) is 0 Å². The highest BCUT2D eigenvalue weighted by Crippen LogP contribution is 2.20. The summed E-state index contributed by atoms with van der Waals surface area (Å²) in [6.45, 7) is 0.726. The lowest BCUT2D eigenvalue weighted by atomic mass is 10.1. The van der Waals surface area contributed by atoms with E-state index in [0.717, 1.165) is 17.4 Å². The van der Waals surface area contributed by atoms with E-state index in [4.69, 9.17) is 4.74 Å². The number of hydrogen-bond donors (Lipinski definition) is 1. The number of nitrogens with zero attached hydrogens (tertiary/aromatic N) is 1. The maximum atomic E-state index is 13.9. The van der Waals surface area contributed by atoms with Crippen LogP contribution in [0.1, 0.15) is 11.1 Å². The number of methoxy groups -OCH3 is 1. The first kappa shape index (κ1) is 14.9. The molecule has 0 amide bonds. The van der Waals surface area contributed by atoms with Crippen molar-refractivity contribution in [2.75, 3.05) is 7.11 Å². The zero-order chi connectivity index (χ0) is 15.2. The van der Waals surface area contributed by atoms with E-state index >= 15 is 0 Å². The Hall–Kier alpha value is -2.47. The first-order valence-corrected chi connectivity index (χ1v) is 6.37. The summed E-state index contributed by atoms with van der Waals surface area (Å²) in [7, 11) is 1.59. The highest BCUT2D eigenvalue weighted by atomic mass is 19.1. The highest BCUT2D eigenvalue weighted by molar-refractivity contribution is 5.36. The second kappa shape index (κ2) is 6.81. The molecule has 2 aromatic rings. The number of halogens is 1. The smallest absolute Gasteiger partial charge is 0.305 e. The molecule has 0 atom stereocenters. The molecule has 110 valence electrons. The van der Waals surface area contributed by atoms with Gasteiger partial charge in [-0.2, -0.15) is 4.39 Å². The van der Waals surface area contributed by atoms with Crippen molar-refractivity contribution < 1.29 is 14.1 Å². The van der Waals surface area contributed by atoms with Gasteiger partial charge in [-0.3, -0.25) is 10.1 Å². The van der Waals surface area contributed by atoms with E-state index in [1.54, 1.807) is 7.11 Å². The minimum Gasteiger partial charge on any atom is -0.497 e. The molecule has 5 nitrogen and oxygen atoms in total. The van der Waals surface area contributed by atoms with Crippen LogP contribution in [-0.4, -0.2) is 12.0 Å². The van der Waals surface area contributed by atoms with Gasteiger partial charge in [0.25, 0.3) is 0 Å². The van der Waals surface area contributed by atoms with Crippen LogP contribution >= 0.6 is 0 Å². The molecule has 2 aromatic carbocycles. The normalized spacial score (nSPS) is 10.4. The zero-order valence-corrected chi connectivity index (χ0v) is 11.5. The Balaban J connectivity index is 2.00. The minimum absolute atomic E-state index is 0.213. The zero-order valence-electron chi connectivity index (χ0n) is 11.5. The van der Waals surface area contributed by atoms with Gasteiger partial charge in [0.2, 0.25) is 5.82 Å². The molecule has 0 fully saturated rings. The van der Waals surface area contributed by atoms with Crippen LogP contribution in [0.5, 0.6) is 5.75 Å². The van der Waals surface area contributed by atoms with Crippen molar-refractivity contribution >= 4 is 5.69 Å². The molecule has 0 aromatic heterocycles. The molecule has 1 N–H and O–H groups in total. The van der Waals surface area contributed by atoms with E-state index in [9.17, 15) is 14.5 Å². The van der Waals surface area contributed by atoms with E-state index in [1.807, 2.05) is 24.3 Å². The first-order chi connectivity index (χ1) is 10.1. The van der Waals surface area contributed by atoms with Crippen LogP contribution in [0, 0.1) is 15.9 Å². The third-order valence-electron chi connectivity index (χ3n) is 3.03. The number of nitro groups is 1. The molecule has 21 heavy (non-hydrogen) atoms. The van der Waals surface area contributed by atoms with Crippen molar-refractivity contribution in [1.82, 2.24) is 5.32 Å². The largest absolute Gasteiger partial charge is 0.497 e. The second-order valence-electron chi connectivity index (χ2n) is 4.46. The molecular weight excluding hydrogens is 275 g/mol. The third-order valence-corrected chi connectivity index (χ3v) is 3.03. The first-order valence-electron chi connectivity index (χ1n) is 6.37. The quantitative estimate of drug-likeness (QED) is 0.656. The maximum Gasteiger partial charge on any atom is 0.305 e. The monoisotopic (exact) mass is 290 g/mol. The van der Waals surface area contributed by atoms with E-state index in [-0.39, 0.29) is 12.1 Å². The molecule has 0 radical (unpaired) electrons. The van der Waals surface area contributed by atoms with Crippen LogP contribution in [-0.2, 0) is 13.1 Å². The Labute approximate surface area is 121 Å². The number of hydrogen-bond acceptors (Lipinski definition) is 4. The van der Waals surface area contributed by atoms with Crippen molar-refractivity contribution in [2.24, 2.45) is 0 Å². The van der Waals surface area contributed by atoms with Crippen LogP contribution in [0.2, 0.25) is 0 Å². The minimum atomic E-state index is -0.791. The number of benzene rings is 2. The number of nitro benzene ring substituents is 1. The number of rotatable bonds is 6. The van der Waals surface area contributed by atoms with Crippen molar-refractivity contribution in [1.29, 1.82) is 0 Å². The van der Waals surface area contributed by atoms with Crippen LogP contribution in [0.25, 0.3) is 0 Å². The molecule has 6 heteroatoms. The van der Waals surface area contributed by atoms with Gasteiger partial charge in [-0.05, 0) is 17.7 Å². The molecular formula is C15H15FN2O3. The Kier molecular flexibility index (Phi) is 4.84. The predicted molar refractivity (Wildman–Crippen MR) is 76.6 cm³/mol. The van der Waals surface area contributed by atoms with Gasteiger partial charge in [-0.25, -0.2) is 0 Å². The lowest BCUT2D eigenvalue weighted by Gasteiger charge is -2.07. The van der Waals surface area contributed by atoms with Gasteiger partial charge < -0.3 is 10.1 Å². The summed E-state index contributed by atoms with van der Waals surface area (Å²) in [5.41, 5.74) is 0.753. The fraction of sp³-hybridized carbons (Fsp3) is 0.200. The second-order valence-corrected chi connectivity index (χ2v) is 4.46. The summed E-state index contributed by atoms with van der Waals surface area (Å²) in [6, 6.07) is 11.6. The Morgan fingerprint density at radius 2 is 2.00 bits per heavy atom. The summed E-state index contributed by atoms with van der Waals surface area (Å²) in [4.78, 5) is 9.95. The van der Waals surface area contributed by atoms with E-state index in [1.165, 1.54) is 12.1 Å². The Morgan fingerprint density at radius 3 is 2.71 bits per heavy atom. The van der Waals surface area contributed by atoms with E-state index in [2.05, 4.69) is 5.32 Å². The lowest BCUT2D eigenvalue weighted by Crippen LogP contribution is -2.14. The predicted octanol–water partition coefficient (Wildman–Crippen LogP) is 3.03. The molecule has 0 spiro atoms. The fourth-order valence-corrected chi connectivity index (χ4v) is 1.97. The van der Waals surface area contributed by atoms with Gasteiger partial charge in [0.15, 0.2) is 0 Å². The molecule has 0 saturated heterocycles. The van der Waals surface area contributed by atoms with Crippen molar-refractivity contribution in [3.05, 3.63) is 69.5 Å². The summed E-state index contributed by atoms with van der Waals surface area (Å²) in [5, 5.41) is 13.7. The average molecular weight is 290 g/mol. The van der Waals surface area contributed by atoms with Gasteiger partial charge in [0.1, 0.15) is 5.75 Å². The third kappa shape index (κ3) is 3.76. The molecule has 0 saturated carbocycles. The van der Waals surface area contributed by atoms with Gasteiger partial charge in [0.05, 0.1) is 12.0 Å². The van der Waals surface area contributed by atoms with E-state index < -0.39 is 16.4 Å². The SMILES string of the molecule is COc1cccc(CNCc2cccc([N+](=O)[O-])c2F)c1. The number of nitrogens with one attached hydrogen (secondary N) is 1. The van der Waals surface area contributed by atoms with Crippen LogP contribution < -0.4 is 10.1 Å². The fourth-order valence-electron chi connectivity index (χ4n) is 1.97. The van der Waals surface area contributed by atoms with Crippen molar-refractivity contribution in [2.45, 2.75) is 13.1 Å². The highest BCUT2D eigenvalue weighted by Gasteiger charge is 2.16. The van der Waals surface area contributed by atoms with Gasteiger partial charge >= 0.3 is 5.69 Å². The summed E-state index contributed by atoms with van der Waals surface area (Å²) in [5.74, 6) is -0.0449. The van der Waals surface area contributed by atoms with Gasteiger partial charge in [-0.15, -0.1) is 0 Å². The molecule has 0 heterocycles. The molecule has 2 rings (SSSR count). The van der Waals surface area contributed by atoms with Gasteiger partial charge in [0, 0.05) is 24.7 Å². The molecule has 0 aliphatic rings. The van der Waals surface area contributed by atoms with Crippen LogP contribution in [0.3, 0.4) is 0 Å². The number of ether oxygens (including phenoxy) is 1. The molecule has 0 unspecified atom stereocenters. The maximum absolute atomic E-state index is 13.9. The summed E-state index contributed by atoms with van der Waals surface area (Å²) in [6.07, 6.45) is 0. The van der Waals surface area contributed by atoms with Gasteiger partial charge in [-0.1, -0.05) is 24.3 Å². The lowest BCUT2D eigenvalue weighted by molar-refractivity contribution is -0.387. The average Bonchev–Trinajstić information content (AvgIpc) is 2.49. The standard InChI is InChI=1S/C15H15FN2O3/c1-21-13-6-2-4-11(8-13)9-17-10-12-5-3-7-14(15(12)16)18(19)20/h2-8,17H,9-10H2,1H3. The topological polar surface area (TPSA) is 64.4 Å². The van der Waals surface area contributed by atoms with Crippen LogP contribution in [0.4, 0.5) is 10.1 Å². The summed E-state index contributed by atoms with van der Waals surface area (Å²) < 4.78 is 19.0. The Bertz CT molecular complexity index is 647. The summed E-state index contributed by atoms with van der Waals surface area (Å²) >= 11 is 0. The molecule has 0 bridgehead atoms. The molecule has 0 aliphatic carbocycles. The molecule has 0 aliphatic heterocycles. The van der Waals surface area contributed by atoms with E-state index in [0.29, 0.717) is 6.54 Å². The van der Waals surface area contributed by atoms with Crippen LogP contribution in [0.15, 0.2) is 42.5 Å². The van der Waals surface area contributed by atoms with Crippen molar-refractivity contribution in [3.8, 4) is 5.75 Å².